The van der Waals surface area contributed by atoms with Crippen LogP contribution in [0, 0.1) is 6.92 Å². The highest BCUT2D eigenvalue weighted by molar-refractivity contribution is 7.81. The molecular formula is C37H42ClN7O2S. The molecule has 0 bridgehead atoms. The van der Waals surface area contributed by atoms with Crippen LogP contribution in [0.15, 0.2) is 60.7 Å². The minimum atomic E-state index is -1.06. The predicted octanol–water partition coefficient (Wildman–Crippen LogP) is 6.68. The van der Waals surface area contributed by atoms with E-state index in [0.29, 0.717) is 23.0 Å². The first kappa shape index (κ1) is 32.7. The fraction of sp³-hybridized carbons (Fsp3) is 0.378. The number of aromatic amines is 1. The van der Waals surface area contributed by atoms with Crippen LogP contribution >= 0.6 is 11.6 Å². The number of halogens is 1. The number of imidazole rings is 1. The van der Waals surface area contributed by atoms with E-state index in [0.717, 1.165) is 77.0 Å². The molecule has 4 heterocycles. The summed E-state index contributed by atoms with van der Waals surface area (Å²) in [6.07, 6.45) is 6.19. The van der Waals surface area contributed by atoms with Gasteiger partial charge in [0.05, 0.1) is 33.8 Å². The summed E-state index contributed by atoms with van der Waals surface area (Å²) < 4.78 is 16.7. The van der Waals surface area contributed by atoms with E-state index < -0.39 is 11.0 Å². The highest BCUT2D eigenvalue weighted by atomic mass is 35.5. The van der Waals surface area contributed by atoms with Crippen LogP contribution in [0.4, 0.5) is 0 Å². The van der Waals surface area contributed by atoms with Crippen molar-refractivity contribution in [3.05, 3.63) is 93.9 Å². The maximum absolute atomic E-state index is 13.4. The van der Waals surface area contributed by atoms with Gasteiger partial charge in [0.25, 0.3) is 5.91 Å². The van der Waals surface area contributed by atoms with Gasteiger partial charge in [-0.1, -0.05) is 35.9 Å². The molecule has 2 N–H and O–H groups in total. The Morgan fingerprint density at radius 2 is 1.88 bits per heavy atom. The molecule has 2 aliphatic rings. The molecule has 7 rings (SSSR count). The molecule has 1 saturated heterocycles. The number of hydrogen-bond acceptors (Lipinski definition) is 5. The second-order valence-electron chi connectivity index (χ2n) is 13.0. The van der Waals surface area contributed by atoms with Crippen molar-refractivity contribution in [2.75, 3.05) is 32.4 Å². The van der Waals surface area contributed by atoms with Crippen molar-refractivity contribution in [2.24, 2.45) is 0 Å². The van der Waals surface area contributed by atoms with Crippen molar-refractivity contribution < 1.29 is 9.00 Å². The minimum Gasteiger partial charge on any atom is -0.342 e. The molecule has 0 saturated carbocycles. The van der Waals surface area contributed by atoms with E-state index in [2.05, 4.69) is 37.0 Å². The van der Waals surface area contributed by atoms with Gasteiger partial charge in [-0.05, 0) is 100 Å². The fourth-order valence-electron chi connectivity index (χ4n) is 6.97. The van der Waals surface area contributed by atoms with Crippen LogP contribution in [-0.2, 0) is 30.5 Å². The maximum Gasteiger partial charge on any atom is 0.251 e. The second-order valence-corrected chi connectivity index (χ2v) is 14.8. The first-order valence-corrected chi connectivity index (χ1v) is 18.7. The SMILES string of the molecule is Cc1ccc2nc([C@H](C)NC(=O)c3cccc(-c4cc(-c5nn(CCCN6CCCC6)c6c5CN(S(C)=O)CC6)ccc4Cl)c3)[nH]c2c1. The highest BCUT2D eigenvalue weighted by Gasteiger charge is 2.28. The molecule has 5 aromatic rings. The van der Waals surface area contributed by atoms with Crippen LogP contribution in [0.2, 0.25) is 5.02 Å². The van der Waals surface area contributed by atoms with Crippen LogP contribution in [0.3, 0.4) is 0 Å². The van der Waals surface area contributed by atoms with Crippen molar-refractivity contribution in [3.8, 4) is 22.4 Å². The largest absolute Gasteiger partial charge is 0.342 e. The highest BCUT2D eigenvalue weighted by Crippen LogP contribution is 2.36. The molecule has 2 atom stereocenters. The van der Waals surface area contributed by atoms with Gasteiger partial charge in [-0.3, -0.25) is 9.48 Å². The number of H-pyrrole nitrogens is 1. The molecule has 250 valence electrons. The van der Waals surface area contributed by atoms with E-state index in [1.807, 2.05) is 66.7 Å². The van der Waals surface area contributed by atoms with Gasteiger partial charge in [0.1, 0.15) is 5.82 Å². The Bertz CT molecular complexity index is 2000. The summed E-state index contributed by atoms with van der Waals surface area (Å²) in [6, 6.07) is 19.3. The zero-order chi connectivity index (χ0) is 33.4. The van der Waals surface area contributed by atoms with Crippen LogP contribution in [0.5, 0.6) is 0 Å². The number of carbonyl (C=O) groups is 1. The Hall–Kier alpha value is -3.83. The Kier molecular flexibility index (Phi) is 9.51. The number of aryl methyl sites for hydroxylation is 2. The standard InChI is InChI=1S/C37H42ClN7O2S/c1-24-10-13-32-33(20-24)41-36(40-32)25(2)39-37(46)28-9-6-8-26(21-28)29-22-27(11-12-31(29)38)35-30-23-44(48(3)47)19-14-34(30)45(42-35)18-7-17-43-15-4-5-16-43/h6,8-13,20-22,25H,4-5,7,14-19,23H2,1-3H3,(H,39,46)(H,40,41)/t25-,48?/m0/s1. The quantitative estimate of drug-likeness (QED) is 0.171. The first-order valence-electron chi connectivity index (χ1n) is 16.8. The lowest BCUT2D eigenvalue weighted by atomic mass is 9.97. The molecule has 1 fully saturated rings. The van der Waals surface area contributed by atoms with Gasteiger partial charge >= 0.3 is 0 Å². The van der Waals surface area contributed by atoms with Crippen molar-refractivity contribution in [1.82, 2.24) is 34.3 Å². The summed E-state index contributed by atoms with van der Waals surface area (Å²) in [4.78, 5) is 24.0. The Morgan fingerprint density at radius 1 is 1.04 bits per heavy atom. The third kappa shape index (κ3) is 6.85. The van der Waals surface area contributed by atoms with Crippen LogP contribution in [0.25, 0.3) is 33.4 Å². The van der Waals surface area contributed by atoms with E-state index in [1.54, 1.807) is 6.26 Å². The van der Waals surface area contributed by atoms with Crippen molar-refractivity contribution in [2.45, 2.75) is 58.7 Å². The first-order chi connectivity index (χ1) is 23.2. The Morgan fingerprint density at radius 3 is 2.69 bits per heavy atom. The molecule has 48 heavy (non-hydrogen) atoms. The van der Waals surface area contributed by atoms with Crippen molar-refractivity contribution in [3.63, 3.8) is 0 Å². The second kappa shape index (κ2) is 14.0. The number of rotatable bonds is 10. The molecular weight excluding hydrogens is 642 g/mol. The summed E-state index contributed by atoms with van der Waals surface area (Å²) in [5.74, 6) is 0.516. The van der Waals surface area contributed by atoms with Crippen molar-refractivity contribution in [1.29, 1.82) is 0 Å². The number of hydrogen-bond donors (Lipinski definition) is 2. The number of aromatic nitrogens is 4. The molecule has 0 spiro atoms. The smallest absolute Gasteiger partial charge is 0.251 e. The van der Waals surface area contributed by atoms with Gasteiger partial charge in [0, 0.05) is 65.3 Å². The average Bonchev–Trinajstić information content (AvgIpc) is 3.84. The topological polar surface area (TPSA) is 99.2 Å². The molecule has 2 aliphatic heterocycles. The molecule has 0 aliphatic carbocycles. The van der Waals surface area contributed by atoms with Gasteiger partial charge in [0.2, 0.25) is 0 Å². The lowest BCUT2D eigenvalue weighted by Crippen LogP contribution is -2.32. The molecule has 9 nitrogen and oxygen atoms in total. The lowest BCUT2D eigenvalue weighted by Gasteiger charge is -2.25. The van der Waals surface area contributed by atoms with E-state index >= 15 is 0 Å². The number of fused-ring (bicyclic) bond motifs is 2. The predicted molar refractivity (Wildman–Crippen MR) is 193 cm³/mol. The van der Waals surface area contributed by atoms with Gasteiger partial charge in [-0.2, -0.15) is 5.10 Å². The van der Waals surface area contributed by atoms with E-state index in [4.69, 9.17) is 16.7 Å². The lowest BCUT2D eigenvalue weighted by molar-refractivity contribution is 0.0938. The van der Waals surface area contributed by atoms with Crippen LogP contribution in [0.1, 0.15) is 65.2 Å². The van der Waals surface area contributed by atoms with E-state index in [9.17, 15) is 9.00 Å². The third-order valence-electron chi connectivity index (χ3n) is 9.59. The summed E-state index contributed by atoms with van der Waals surface area (Å²) in [5.41, 5.74) is 9.40. The zero-order valence-electron chi connectivity index (χ0n) is 27.8. The summed E-state index contributed by atoms with van der Waals surface area (Å²) >= 11 is 6.82. The fourth-order valence-corrected chi connectivity index (χ4v) is 7.86. The molecule has 0 radical (unpaired) electrons. The number of carbonyl (C=O) groups excluding carboxylic acids is 1. The number of likely N-dealkylation sites (tertiary alicyclic amines) is 1. The minimum absolute atomic E-state index is 0.192. The third-order valence-corrected chi connectivity index (χ3v) is 11.0. The number of nitrogens with zero attached hydrogens (tertiary/aromatic N) is 5. The molecule has 3 aromatic carbocycles. The van der Waals surface area contributed by atoms with Gasteiger partial charge < -0.3 is 15.2 Å². The van der Waals surface area contributed by atoms with Crippen LogP contribution < -0.4 is 5.32 Å². The van der Waals surface area contributed by atoms with Gasteiger partial charge in [0.15, 0.2) is 0 Å². The molecule has 2 aromatic heterocycles. The zero-order valence-corrected chi connectivity index (χ0v) is 29.3. The molecule has 11 heteroatoms. The van der Waals surface area contributed by atoms with Crippen LogP contribution in [-0.4, -0.2) is 71.5 Å². The molecule has 1 amide bonds. The molecule has 1 unspecified atom stereocenters. The summed E-state index contributed by atoms with van der Waals surface area (Å²) in [7, 11) is -1.06. The number of benzene rings is 3. The maximum atomic E-state index is 13.4. The summed E-state index contributed by atoms with van der Waals surface area (Å²) in [5, 5.41) is 8.86. The normalized spacial score (nSPS) is 16.7. The van der Waals surface area contributed by atoms with Gasteiger partial charge in [-0.15, -0.1) is 0 Å². The summed E-state index contributed by atoms with van der Waals surface area (Å²) in [6.45, 7) is 9.64. The van der Waals surface area contributed by atoms with E-state index in [1.165, 1.54) is 31.6 Å². The monoisotopic (exact) mass is 683 g/mol. The Balaban J connectivity index is 1.14. The number of nitrogens with one attached hydrogen (secondary N) is 2. The average molecular weight is 684 g/mol. The van der Waals surface area contributed by atoms with Crippen molar-refractivity contribution >= 4 is 39.5 Å². The Labute approximate surface area is 289 Å². The van der Waals surface area contributed by atoms with Gasteiger partial charge in [-0.25, -0.2) is 13.5 Å². The van der Waals surface area contributed by atoms with E-state index in [-0.39, 0.29) is 11.9 Å². The number of amides is 1.